The maximum absolute atomic E-state index is 11.1. The molecule has 128 valence electrons. The molecule has 4 heteroatoms. The lowest BCUT2D eigenvalue weighted by Gasteiger charge is -2.10. The Morgan fingerprint density at radius 2 is 1.92 bits per heavy atom. The Morgan fingerprint density at radius 3 is 2.72 bits per heavy atom. The van der Waals surface area contributed by atoms with Crippen molar-refractivity contribution in [2.75, 3.05) is 0 Å². The number of aromatic nitrogens is 1. The van der Waals surface area contributed by atoms with Crippen LogP contribution >= 0.6 is 0 Å². The van der Waals surface area contributed by atoms with Crippen LogP contribution in [-0.4, -0.2) is 9.91 Å². The minimum absolute atomic E-state index is 0.106. The number of hydrogen-bond donors (Lipinski definition) is 0. The quantitative estimate of drug-likeness (QED) is 0.305. The van der Waals surface area contributed by atoms with Crippen LogP contribution in [0.15, 0.2) is 54.7 Å². The third kappa shape index (κ3) is 4.02. The normalized spacial score (nSPS) is 10.9. The van der Waals surface area contributed by atoms with Gasteiger partial charge in [-0.1, -0.05) is 44.4 Å². The highest BCUT2D eigenvalue weighted by atomic mass is 16.6. The number of benzene rings is 2. The van der Waals surface area contributed by atoms with E-state index in [1.54, 1.807) is 18.3 Å². The summed E-state index contributed by atoms with van der Waals surface area (Å²) < 4.78 is 0. The molecule has 1 aromatic heterocycles. The largest absolute Gasteiger partial charge is 0.270 e. The molecule has 0 N–H and O–H groups in total. The van der Waals surface area contributed by atoms with Gasteiger partial charge in [0.1, 0.15) is 0 Å². The van der Waals surface area contributed by atoms with Gasteiger partial charge in [0.05, 0.1) is 10.4 Å². The summed E-state index contributed by atoms with van der Waals surface area (Å²) in [4.78, 5) is 15.3. The molecule has 0 aliphatic heterocycles. The van der Waals surface area contributed by atoms with E-state index in [0.29, 0.717) is 0 Å². The van der Waals surface area contributed by atoms with Gasteiger partial charge in [0.2, 0.25) is 0 Å². The van der Waals surface area contributed by atoms with E-state index in [-0.39, 0.29) is 10.6 Å². The maximum atomic E-state index is 11.1. The van der Waals surface area contributed by atoms with Gasteiger partial charge in [-0.3, -0.25) is 15.1 Å². The van der Waals surface area contributed by atoms with Crippen LogP contribution in [0.25, 0.3) is 22.0 Å². The second-order valence-corrected chi connectivity index (χ2v) is 6.34. The molecule has 0 spiro atoms. The van der Waals surface area contributed by atoms with E-state index in [2.05, 4.69) is 30.1 Å². The first-order valence-electron chi connectivity index (χ1n) is 8.81. The van der Waals surface area contributed by atoms with Gasteiger partial charge in [0.15, 0.2) is 0 Å². The predicted molar refractivity (Wildman–Crippen MR) is 102 cm³/mol. The Balaban J connectivity index is 2.03. The lowest BCUT2D eigenvalue weighted by atomic mass is 9.96. The molecule has 2 aromatic carbocycles. The number of nitrogens with zero attached hydrogens (tertiary/aromatic N) is 2. The number of pyridine rings is 1. The van der Waals surface area contributed by atoms with E-state index < -0.39 is 0 Å². The Kier molecular flexibility index (Phi) is 5.39. The first-order valence-corrected chi connectivity index (χ1v) is 8.81. The molecule has 0 saturated heterocycles. The van der Waals surface area contributed by atoms with Crippen molar-refractivity contribution < 1.29 is 4.92 Å². The topological polar surface area (TPSA) is 56.0 Å². The first-order chi connectivity index (χ1) is 12.2. The van der Waals surface area contributed by atoms with Crippen LogP contribution in [-0.2, 0) is 6.42 Å². The average Bonchev–Trinajstić information content (AvgIpc) is 2.64. The zero-order valence-corrected chi connectivity index (χ0v) is 14.4. The Bertz CT molecular complexity index is 890. The lowest BCUT2D eigenvalue weighted by Crippen LogP contribution is -1.93. The molecule has 3 rings (SSSR count). The van der Waals surface area contributed by atoms with Crippen molar-refractivity contribution in [2.24, 2.45) is 0 Å². The van der Waals surface area contributed by atoms with Crippen LogP contribution in [0.4, 0.5) is 5.69 Å². The fraction of sp³-hybridized carbons (Fsp3) is 0.286. The third-order valence-corrected chi connectivity index (χ3v) is 4.45. The molecular weight excluding hydrogens is 312 g/mol. The summed E-state index contributed by atoms with van der Waals surface area (Å²) in [5, 5.41) is 12.2. The average molecular weight is 334 g/mol. The van der Waals surface area contributed by atoms with Crippen LogP contribution in [0.3, 0.4) is 0 Å². The zero-order chi connectivity index (χ0) is 17.6. The van der Waals surface area contributed by atoms with Gasteiger partial charge in [-0.2, -0.15) is 0 Å². The summed E-state index contributed by atoms with van der Waals surface area (Å²) >= 11 is 0. The van der Waals surface area contributed by atoms with Crippen molar-refractivity contribution in [3.63, 3.8) is 0 Å². The number of aryl methyl sites for hydroxylation is 1. The summed E-state index contributed by atoms with van der Waals surface area (Å²) in [6.45, 7) is 2.21. The number of non-ortho nitro benzene ring substituents is 1. The van der Waals surface area contributed by atoms with Gasteiger partial charge in [0.25, 0.3) is 5.69 Å². The van der Waals surface area contributed by atoms with Crippen LogP contribution in [0.2, 0.25) is 0 Å². The Morgan fingerprint density at radius 1 is 1.04 bits per heavy atom. The first kappa shape index (κ1) is 17.1. The summed E-state index contributed by atoms with van der Waals surface area (Å²) in [6.07, 6.45) is 7.66. The van der Waals surface area contributed by atoms with Gasteiger partial charge in [0, 0.05) is 29.3 Å². The summed E-state index contributed by atoms with van der Waals surface area (Å²) in [5.41, 5.74) is 4.06. The van der Waals surface area contributed by atoms with E-state index >= 15 is 0 Å². The van der Waals surface area contributed by atoms with Crippen molar-refractivity contribution in [2.45, 2.75) is 39.0 Å². The van der Waals surface area contributed by atoms with Gasteiger partial charge in [-0.15, -0.1) is 0 Å². The molecule has 1 heterocycles. The molecule has 0 fully saturated rings. The zero-order valence-electron chi connectivity index (χ0n) is 14.4. The minimum atomic E-state index is -0.353. The highest BCUT2D eigenvalue weighted by Crippen LogP contribution is 2.31. The van der Waals surface area contributed by atoms with Crippen LogP contribution < -0.4 is 0 Å². The second-order valence-electron chi connectivity index (χ2n) is 6.34. The molecule has 0 aliphatic rings. The van der Waals surface area contributed by atoms with Crippen LogP contribution in [0, 0.1) is 10.1 Å². The molecule has 0 radical (unpaired) electrons. The van der Waals surface area contributed by atoms with Crippen molar-refractivity contribution >= 4 is 16.6 Å². The van der Waals surface area contributed by atoms with Gasteiger partial charge >= 0.3 is 0 Å². The van der Waals surface area contributed by atoms with E-state index in [1.807, 2.05) is 12.1 Å². The summed E-state index contributed by atoms with van der Waals surface area (Å²) in [5.74, 6) is 0. The maximum Gasteiger partial charge on any atom is 0.270 e. The Labute approximate surface area is 147 Å². The van der Waals surface area contributed by atoms with Crippen molar-refractivity contribution in [1.82, 2.24) is 4.98 Å². The molecule has 0 saturated carbocycles. The smallest absolute Gasteiger partial charge is 0.258 e. The molecule has 0 unspecified atom stereocenters. The van der Waals surface area contributed by atoms with Crippen molar-refractivity contribution in [3.8, 4) is 11.1 Å². The predicted octanol–water partition coefficient (Wildman–Crippen LogP) is 5.93. The fourth-order valence-corrected chi connectivity index (χ4v) is 3.16. The van der Waals surface area contributed by atoms with Crippen LogP contribution in [0.1, 0.15) is 38.2 Å². The van der Waals surface area contributed by atoms with Crippen molar-refractivity contribution in [3.05, 3.63) is 70.4 Å². The molecule has 0 amide bonds. The van der Waals surface area contributed by atoms with E-state index in [1.165, 1.54) is 30.9 Å². The molecular formula is C21H22N2O2. The van der Waals surface area contributed by atoms with Gasteiger partial charge in [-0.05, 0) is 42.2 Å². The molecule has 4 nitrogen and oxygen atoms in total. The number of fused-ring (bicyclic) bond motifs is 1. The van der Waals surface area contributed by atoms with Gasteiger partial charge in [-0.25, -0.2) is 0 Å². The number of nitro groups is 1. The van der Waals surface area contributed by atoms with Crippen molar-refractivity contribution in [1.29, 1.82) is 0 Å². The molecule has 0 aliphatic carbocycles. The number of nitro benzene ring substituents is 1. The summed E-state index contributed by atoms with van der Waals surface area (Å²) in [6, 6.07) is 15.1. The van der Waals surface area contributed by atoms with E-state index in [9.17, 15) is 10.1 Å². The molecule has 0 bridgehead atoms. The number of unbranched alkanes of at least 4 members (excludes halogenated alkanes) is 3. The minimum Gasteiger partial charge on any atom is -0.258 e. The highest BCUT2D eigenvalue weighted by Gasteiger charge is 2.11. The highest BCUT2D eigenvalue weighted by molar-refractivity contribution is 5.94. The summed E-state index contributed by atoms with van der Waals surface area (Å²) in [7, 11) is 0. The Hall–Kier alpha value is -2.75. The third-order valence-electron chi connectivity index (χ3n) is 4.45. The fourth-order valence-electron chi connectivity index (χ4n) is 3.16. The second kappa shape index (κ2) is 7.88. The lowest BCUT2D eigenvalue weighted by molar-refractivity contribution is -0.384. The molecule has 25 heavy (non-hydrogen) atoms. The van der Waals surface area contributed by atoms with E-state index in [0.717, 1.165) is 34.9 Å². The molecule has 3 aromatic rings. The standard InChI is InChI=1S/C21H22N2O2/c1-2-3-4-5-8-16-13-18-10-7-12-22-21(18)20(14-16)17-9-6-11-19(15-17)23(24)25/h6-7,9-15H,2-5,8H2,1H3. The number of rotatable bonds is 7. The number of hydrogen-bond acceptors (Lipinski definition) is 3. The van der Waals surface area contributed by atoms with Crippen LogP contribution in [0.5, 0.6) is 0 Å². The SMILES string of the molecule is CCCCCCc1cc(-c2cccc([N+](=O)[O-])c2)c2ncccc2c1. The molecule has 0 atom stereocenters. The monoisotopic (exact) mass is 334 g/mol. The van der Waals surface area contributed by atoms with Gasteiger partial charge < -0.3 is 0 Å². The van der Waals surface area contributed by atoms with E-state index in [4.69, 9.17) is 0 Å².